The average molecular weight is 271 g/mol. The second-order valence-corrected chi connectivity index (χ2v) is 3.92. The summed E-state index contributed by atoms with van der Waals surface area (Å²) < 4.78 is 10.9. The molecule has 1 aromatic rings. The molecule has 0 saturated heterocycles. The topological polar surface area (TPSA) is 52.6 Å². The van der Waals surface area contributed by atoms with E-state index in [1.54, 1.807) is 6.07 Å². The summed E-state index contributed by atoms with van der Waals surface area (Å²) in [5, 5.41) is 0. The first-order valence-electron chi connectivity index (χ1n) is 4.23. The maximum atomic E-state index is 11.4. The van der Waals surface area contributed by atoms with E-state index in [-0.39, 0.29) is 12.6 Å². The molecule has 1 aliphatic rings. The first-order chi connectivity index (χ1) is 7.15. The van der Waals surface area contributed by atoms with Gasteiger partial charge in [0, 0.05) is 4.47 Å². The van der Waals surface area contributed by atoms with Crippen LogP contribution in [-0.2, 0) is 0 Å². The molecule has 15 heavy (non-hydrogen) atoms. The molecule has 0 N–H and O–H groups in total. The van der Waals surface area contributed by atoms with Gasteiger partial charge in [-0.2, -0.15) is 0 Å². The zero-order chi connectivity index (χ0) is 11.0. The van der Waals surface area contributed by atoms with Crippen LogP contribution in [0.2, 0.25) is 0 Å². The molecule has 0 aromatic heterocycles. The smallest absolute Gasteiger partial charge is 0.231 e. The monoisotopic (exact) mass is 270 g/mol. The molecule has 0 amide bonds. The third-order valence-electron chi connectivity index (χ3n) is 2.10. The fraction of sp³-hybridized carbons (Fsp3) is 0.200. The van der Waals surface area contributed by atoms with Crippen LogP contribution in [0.4, 0.5) is 0 Å². The maximum absolute atomic E-state index is 11.4. The standard InChI is InChI=1S/C10H7BrO4/c1-5(13)8-7(11)2-6(3-12)9-10(8)15-4-14-9/h2-3H,4H2,1H3. The Kier molecular flexibility index (Phi) is 2.48. The highest BCUT2D eigenvalue weighted by molar-refractivity contribution is 9.10. The number of halogens is 1. The third-order valence-corrected chi connectivity index (χ3v) is 2.73. The summed E-state index contributed by atoms with van der Waals surface area (Å²) in [5.74, 6) is 0.554. The second-order valence-electron chi connectivity index (χ2n) is 3.06. The predicted octanol–water partition coefficient (Wildman–Crippen LogP) is 2.19. The lowest BCUT2D eigenvalue weighted by Crippen LogP contribution is -1.98. The van der Waals surface area contributed by atoms with E-state index in [0.29, 0.717) is 33.4 Å². The Balaban J connectivity index is 2.74. The number of carbonyl (C=O) groups excluding carboxylic acids is 2. The number of ketones is 1. The first kappa shape index (κ1) is 10.2. The highest BCUT2D eigenvalue weighted by atomic mass is 79.9. The van der Waals surface area contributed by atoms with Crippen molar-refractivity contribution in [1.29, 1.82) is 0 Å². The number of hydrogen-bond donors (Lipinski definition) is 0. The Morgan fingerprint density at radius 2 is 2.13 bits per heavy atom. The van der Waals surface area contributed by atoms with Crippen molar-refractivity contribution in [1.82, 2.24) is 0 Å². The summed E-state index contributed by atoms with van der Waals surface area (Å²) in [6, 6.07) is 1.55. The lowest BCUT2D eigenvalue weighted by atomic mass is 10.1. The van der Waals surface area contributed by atoms with Gasteiger partial charge in [-0.05, 0) is 28.9 Å². The number of carbonyl (C=O) groups is 2. The van der Waals surface area contributed by atoms with Gasteiger partial charge in [-0.25, -0.2) is 0 Å². The van der Waals surface area contributed by atoms with Crippen LogP contribution in [0.15, 0.2) is 10.5 Å². The molecule has 0 spiro atoms. The fourth-order valence-electron chi connectivity index (χ4n) is 1.48. The van der Waals surface area contributed by atoms with Crippen molar-refractivity contribution in [3.63, 3.8) is 0 Å². The van der Waals surface area contributed by atoms with Crippen LogP contribution in [0.3, 0.4) is 0 Å². The Hall–Kier alpha value is -1.36. The van der Waals surface area contributed by atoms with Crippen molar-refractivity contribution in [3.05, 3.63) is 21.7 Å². The molecule has 1 aromatic carbocycles. The minimum Gasteiger partial charge on any atom is -0.453 e. The molecule has 1 aliphatic heterocycles. The third kappa shape index (κ3) is 1.52. The van der Waals surface area contributed by atoms with Gasteiger partial charge >= 0.3 is 0 Å². The normalized spacial score (nSPS) is 12.7. The second kappa shape index (κ2) is 3.66. The predicted molar refractivity (Wildman–Crippen MR) is 55.7 cm³/mol. The molecule has 0 atom stereocenters. The minimum absolute atomic E-state index is 0.0346. The number of hydrogen-bond acceptors (Lipinski definition) is 4. The van der Waals surface area contributed by atoms with Crippen LogP contribution in [-0.4, -0.2) is 18.9 Å². The van der Waals surface area contributed by atoms with Crippen LogP contribution < -0.4 is 9.47 Å². The molecule has 5 heteroatoms. The molecule has 0 saturated carbocycles. The largest absolute Gasteiger partial charge is 0.453 e. The van der Waals surface area contributed by atoms with Gasteiger partial charge in [0.1, 0.15) is 0 Å². The van der Waals surface area contributed by atoms with E-state index >= 15 is 0 Å². The lowest BCUT2D eigenvalue weighted by molar-refractivity contribution is 0.101. The molecular weight excluding hydrogens is 264 g/mol. The quantitative estimate of drug-likeness (QED) is 0.611. The summed E-state index contributed by atoms with van der Waals surface area (Å²) in [4.78, 5) is 22.1. The van der Waals surface area contributed by atoms with E-state index in [1.807, 2.05) is 0 Å². The molecule has 0 unspecified atom stereocenters. The van der Waals surface area contributed by atoms with Crippen molar-refractivity contribution < 1.29 is 19.1 Å². The molecule has 0 fully saturated rings. The Morgan fingerprint density at radius 1 is 1.47 bits per heavy atom. The summed E-state index contributed by atoms with van der Waals surface area (Å²) in [6.45, 7) is 1.47. The molecule has 0 radical (unpaired) electrons. The molecule has 0 bridgehead atoms. The van der Waals surface area contributed by atoms with E-state index in [4.69, 9.17) is 9.47 Å². The SMILES string of the molecule is CC(=O)c1c(Br)cc(C=O)c2c1OCO2. The van der Waals surface area contributed by atoms with Gasteiger partial charge < -0.3 is 9.47 Å². The summed E-state index contributed by atoms with van der Waals surface area (Å²) in [5.41, 5.74) is 0.785. The number of Topliss-reactive ketones (excluding diaryl/α,β-unsaturated/α-hetero) is 1. The highest BCUT2D eigenvalue weighted by Crippen LogP contribution is 2.42. The summed E-state index contributed by atoms with van der Waals surface area (Å²) in [6.07, 6.45) is 0.669. The minimum atomic E-state index is -0.138. The molecule has 0 aliphatic carbocycles. The number of benzene rings is 1. The number of rotatable bonds is 2. The number of fused-ring (bicyclic) bond motifs is 1. The van der Waals surface area contributed by atoms with Crippen LogP contribution >= 0.6 is 15.9 Å². The van der Waals surface area contributed by atoms with Gasteiger partial charge in [-0.3, -0.25) is 9.59 Å². The number of aldehydes is 1. The van der Waals surface area contributed by atoms with Crippen molar-refractivity contribution in [2.75, 3.05) is 6.79 Å². The Bertz CT molecular complexity index is 453. The van der Waals surface area contributed by atoms with Crippen molar-refractivity contribution in [2.24, 2.45) is 0 Å². The van der Waals surface area contributed by atoms with Gasteiger partial charge in [0.05, 0.1) is 11.1 Å². The van der Waals surface area contributed by atoms with Crippen LogP contribution in [0, 0.1) is 0 Å². The van der Waals surface area contributed by atoms with E-state index in [0.717, 1.165) is 0 Å². The maximum Gasteiger partial charge on any atom is 0.231 e. The van der Waals surface area contributed by atoms with Gasteiger partial charge in [0.25, 0.3) is 0 Å². The average Bonchev–Trinajstić information content (AvgIpc) is 2.63. The van der Waals surface area contributed by atoms with Gasteiger partial charge in [-0.15, -0.1) is 0 Å². The van der Waals surface area contributed by atoms with Crippen molar-refractivity contribution >= 4 is 28.0 Å². The molecule has 1 heterocycles. The van der Waals surface area contributed by atoms with Crippen molar-refractivity contribution in [2.45, 2.75) is 6.92 Å². The lowest BCUT2D eigenvalue weighted by Gasteiger charge is -2.06. The molecule has 2 rings (SSSR count). The first-order valence-corrected chi connectivity index (χ1v) is 5.02. The van der Waals surface area contributed by atoms with E-state index in [9.17, 15) is 9.59 Å². The zero-order valence-electron chi connectivity index (χ0n) is 7.87. The van der Waals surface area contributed by atoms with Crippen LogP contribution in [0.25, 0.3) is 0 Å². The summed E-state index contributed by atoms with van der Waals surface area (Å²) >= 11 is 3.23. The van der Waals surface area contributed by atoms with E-state index in [2.05, 4.69) is 15.9 Å². The Labute approximate surface area is 94.3 Å². The number of ether oxygens (including phenoxy) is 2. The van der Waals surface area contributed by atoms with Gasteiger partial charge in [0.15, 0.2) is 23.6 Å². The van der Waals surface area contributed by atoms with Gasteiger partial charge in [-0.1, -0.05) is 0 Å². The molecular formula is C10H7BrO4. The van der Waals surface area contributed by atoms with E-state index in [1.165, 1.54) is 6.92 Å². The molecule has 4 nitrogen and oxygen atoms in total. The van der Waals surface area contributed by atoms with Crippen molar-refractivity contribution in [3.8, 4) is 11.5 Å². The van der Waals surface area contributed by atoms with Crippen LogP contribution in [0.5, 0.6) is 11.5 Å². The highest BCUT2D eigenvalue weighted by Gasteiger charge is 2.26. The van der Waals surface area contributed by atoms with Crippen LogP contribution in [0.1, 0.15) is 27.6 Å². The Morgan fingerprint density at radius 3 is 2.73 bits per heavy atom. The van der Waals surface area contributed by atoms with Gasteiger partial charge in [0.2, 0.25) is 6.79 Å². The summed E-state index contributed by atoms with van der Waals surface area (Å²) in [7, 11) is 0. The molecule has 78 valence electrons. The fourth-order valence-corrected chi connectivity index (χ4v) is 2.18. The zero-order valence-corrected chi connectivity index (χ0v) is 9.46. The van der Waals surface area contributed by atoms with E-state index < -0.39 is 0 Å².